The Hall–Kier alpha value is -1.61. The van der Waals surface area contributed by atoms with E-state index in [2.05, 4.69) is 26.1 Å². The second kappa shape index (κ2) is 5.57. The average Bonchev–Trinajstić information content (AvgIpc) is 2.68. The molecule has 2 rings (SSSR count). The van der Waals surface area contributed by atoms with Gasteiger partial charge >= 0.3 is 5.97 Å². The first-order valence-corrected chi connectivity index (χ1v) is 6.78. The summed E-state index contributed by atoms with van der Waals surface area (Å²) in [5.74, 6) is -1.45. The zero-order valence-electron chi connectivity index (χ0n) is 9.38. The molecular weight excluding hydrogens is 339 g/mol. The number of nitrogen functional groups attached to an aromatic ring is 1. The van der Waals surface area contributed by atoms with Crippen LogP contribution in [0.3, 0.4) is 0 Å². The average molecular weight is 347 g/mol. The van der Waals surface area contributed by atoms with Crippen molar-refractivity contribution in [1.29, 1.82) is 0 Å². The summed E-state index contributed by atoms with van der Waals surface area (Å²) in [5, 5.41) is 16.5. The van der Waals surface area contributed by atoms with E-state index >= 15 is 0 Å². The summed E-state index contributed by atoms with van der Waals surface area (Å²) >= 11 is 4.20. The minimum absolute atomic E-state index is 0.0974. The summed E-state index contributed by atoms with van der Waals surface area (Å²) in [5.41, 5.74) is 6.24. The maximum atomic E-state index is 13.1. The van der Waals surface area contributed by atoms with Crippen molar-refractivity contribution in [2.45, 2.75) is 5.16 Å². The second-order valence-electron chi connectivity index (χ2n) is 3.45. The van der Waals surface area contributed by atoms with Crippen LogP contribution in [0.2, 0.25) is 0 Å². The number of hydrogen-bond donors (Lipinski definition) is 2. The molecule has 1 aromatic heterocycles. The second-order valence-corrected chi connectivity index (χ2v) is 5.25. The van der Waals surface area contributed by atoms with Crippen molar-refractivity contribution < 1.29 is 14.3 Å². The van der Waals surface area contributed by atoms with Crippen LogP contribution in [0.1, 0.15) is 0 Å². The zero-order valence-corrected chi connectivity index (χ0v) is 11.8. The third-order valence-electron chi connectivity index (χ3n) is 2.13. The van der Waals surface area contributed by atoms with Crippen LogP contribution >= 0.6 is 27.7 Å². The maximum absolute atomic E-state index is 13.1. The van der Waals surface area contributed by atoms with Crippen LogP contribution in [-0.4, -0.2) is 31.6 Å². The van der Waals surface area contributed by atoms with Gasteiger partial charge in [0.1, 0.15) is 5.82 Å². The van der Waals surface area contributed by atoms with Gasteiger partial charge < -0.3 is 10.8 Å². The molecule has 0 saturated carbocycles. The fraction of sp³-hybridized carbons (Fsp3) is 0.100. The number of hydrogen-bond acceptors (Lipinski definition) is 5. The highest BCUT2D eigenvalue weighted by Gasteiger charge is 2.15. The van der Waals surface area contributed by atoms with Crippen LogP contribution < -0.4 is 5.73 Å². The van der Waals surface area contributed by atoms with Crippen molar-refractivity contribution in [2.75, 3.05) is 11.5 Å². The highest BCUT2D eigenvalue weighted by Crippen LogP contribution is 2.28. The van der Waals surface area contributed by atoms with Crippen LogP contribution in [0, 0.1) is 5.82 Å². The molecule has 0 amide bonds. The van der Waals surface area contributed by atoms with Gasteiger partial charge in [-0.1, -0.05) is 11.8 Å². The fourth-order valence-corrected chi connectivity index (χ4v) is 2.59. The van der Waals surface area contributed by atoms with E-state index in [9.17, 15) is 9.18 Å². The zero-order chi connectivity index (χ0) is 14.0. The van der Waals surface area contributed by atoms with Crippen molar-refractivity contribution in [3.8, 4) is 5.69 Å². The lowest BCUT2D eigenvalue weighted by atomic mass is 10.3. The van der Waals surface area contributed by atoms with E-state index in [0.29, 0.717) is 15.3 Å². The standard InChI is InChI=1S/C10H8BrFN4O2S/c11-6-3-5(12)1-2-7(6)16-9(13)14-15-10(16)19-4-8(17)18/h1-3H,4H2,(H2,13,14)(H,17,18). The topological polar surface area (TPSA) is 94.0 Å². The van der Waals surface area contributed by atoms with Crippen LogP contribution in [0.5, 0.6) is 0 Å². The quantitative estimate of drug-likeness (QED) is 0.821. The van der Waals surface area contributed by atoms with Crippen molar-refractivity contribution >= 4 is 39.6 Å². The minimum atomic E-state index is -0.976. The molecule has 0 radical (unpaired) electrons. The number of benzene rings is 1. The molecule has 0 atom stereocenters. The number of aromatic nitrogens is 3. The van der Waals surface area contributed by atoms with Gasteiger partial charge in [-0.3, -0.25) is 9.36 Å². The Labute approximate surface area is 119 Å². The predicted molar refractivity (Wildman–Crippen MR) is 71.8 cm³/mol. The molecule has 0 saturated heterocycles. The smallest absolute Gasteiger partial charge is 0.313 e. The van der Waals surface area contributed by atoms with E-state index < -0.39 is 11.8 Å². The Bertz CT molecular complexity index is 634. The lowest BCUT2D eigenvalue weighted by Gasteiger charge is -2.09. The van der Waals surface area contributed by atoms with E-state index in [4.69, 9.17) is 10.8 Å². The maximum Gasteiger partial charge on any atom is 0.313 e. The summed E-state index contributed by atoms with van der Waals surface area (Å²) in [6, 6.07) is 4.05. The van der Waals surface area contributed by atoms with Crippen LogP contribution in [0.25, 0.3) is 5.69 Å². The number of rotatable bonds is 4. The van der Waals surface area contributed by atoms with Gasteiger partial charge in [-0.15, -0.1) is 10.2 Å². The third kappa shape index (κ3) is 3.04. The number of carbonyl (C=O) groups is 1. The monoisotopic (exact) mass is 346 g/mol. The summed E-state index contributed by atoms with van der Waals surface area (Å²) in [7, 11) is 0. The summed E-state index contributed by atoms with van der Waals surface area (Å²) in [6.45, 7) is 0. The number of nitrogens with two attached hydrogens (primary N) is 1. The van der Waals surface area contributed by atoms with Crippen molar-refractivity contribution in [1.82, 2.24) is 14.8 Å². The van der Waals surface area contributed by atoms with E-state index in [1.54, 1.807) is 0 Å². The molecule has 1 aromatic carbocycles. The molecular formula is C10H8BrFN4O2S. The number of halogens is 2. The number of carboxylic acids is 1. The largest absolute Gasteiger partial charge is 0.481 e. The van der Waals surface area contributed by atoms with Gasteiger partial charge in [0, 0.05) is 4.47 Å². The van der Waals surface area contributed by atoms with Crippen LogP contribution in [0.15, 0.2) is 27.8 Å². The van der Waals surface area contributed by atoms with Gasteiger partial charge in [0.25, 0.3) is 0 Å². The lowest BCUT2D eigenvalue weighted by Crippen LogP contribution is -2.05. The van der Waals surface area contributed by atoms with E-state index in [-0.39, 0.29) is 11.7 Å². The Morgan fingerprint density at radius 2 is 2.26 bits per heavy atom. The number of thioether (sulfide) groups is 1. The molecule has 6 nitrogen and oxygen atoms in total. The summed E-state index contributed by atoms with van der Waals surface area (Å²) < 4.78 is 15.0. The van der Waals surface area contributed by atoms with Crippen molar-refractivity contribution in [3.05, 3.63) is 28.5 Å². The first kappa shape index (κ1) is 13.8. The molecule has 3 N–H and O–H groups in total. The van der Waals surface area contributed by atoms with Gasteiger partial charge in [0.2, 0.25) is 5.95 Å². The molecule has 1 heterocycles. The highest BCUT2D eigenvalue weighted by atomic mass is 79.9. The lowest BCUT2D eigenvalue weighted by molar-refractivity contribution is -0.133. The predicted octanol–water partition coefficient (Wildman–Crippen LogP) is 1.93. The van der Waals surface area contributed by atoms with Gasteiger partial charge in [0.15, 0.2) is 5.16 Å². The van der Waals surface area contributed by atoms with Gasteiger partial charge in [-0.25, -0.2) is 4.39 Å². The molecule has 2 aromatic rings. The van der Waals surface area contributed by atoms with Crippen molar-refractivity contribution in [2.24, 2.45) is 0 Å². The van der Waals surface area contributed by atoms with Gasteiger partial charge in [-0.05, 0) is 34.1 Å². The Kier molecular flexibility index (Phi) is 4.05. The number of anilines is 1. The molecule has 0 spiro atoms. The number of carboxylic acid groups (broad SMARTS) is 1. The molecule has 0 bridgehead atoms. The number of aliphatic carboxylic acids is 1. The molecule has 100 valence electrons. The van der Waals surface area contributed by atoms with E-state index in [0.717, 1.165) is 11.8 Å². The molecule has 0 aliphatic rings. The molecule has 0 aliphatic carbocycles. The fourth-order valence-electron chi connectivity index (χ4n) is 1.39. The van der Waals surface area contributed by atoms with Gasteiger partial charge in [-0.2, -0.15) is 0 Å². The Balaban J connectivity index is 2.43. The third-order valence-corrected chi connectivity index (χ3v) is 3.68. The molecule has 0 unspecified atom stereocenters. The Morgan fingerprint density at radius 3 is 2.89 bits per heavy atom. The first-order chi connectivity index (χ1) is 8.99. The highest BCUT2D eigenvalue weighted by molar-refractivity contribution is 9.10. The first-order valence-electron chi connectivity index (χ1n) is 5.00. The van der Waals surface area contributed by atoms with Crippen molar-refractivity contribution in [3.63, 3.8) is 0 Å². The molecule has 0 fully saturated rings. The minimum Gasteiger partial charge on any atom is -0.481 e. The normalized spacial score (nSPS) is 10.6. The van der Waals surface area contributed by atoms with E-state index in [1.807, 2.05) is 0 Å². The van der Waals surface area contributed by atoms with E-state index in [1.165, 1.54) is 22.8 Å². The SMILES string of the molecule is Nc1nnc(SCC(=O)O)n1-c1ccc(F)cc1Br. The molecule has 9 heteroatoms. The molecule has 0 aliphatic heterocycles. The number of nitrogens with zero attached hydrogens (tertiary/aromatic N) is 3. The molecule has 19 heavy (non-hydrogen) atoms. The van der Waals surface area contributed by atoms with Crippen LogP contribution in [0.4, 0.5) is 10.3 Å². The summed E-state index contributed by atoms with van der Waals surface area (Å²) in [6.07, 6.45) is 0. The Morgan fingerprint density at radius 1 is 1.53 bits per heavy atom. The summed E-state index contributed by atoms with van der Waals surface area (Å²) in [4.78, 5) is 10.6. The van der Waals surface area contributed by atoms with Crippen LogP contribution in [-0.2, 0) is 4.79 Å². The van der Waals surface area contributed by atoms with Gasteiger partial charge in [0.05, 0.1) is 11.4 Å².